The lowest BCUT2D eigenvalue weighted by Gasteiger charge is -2.17. The van der Waals surface area contributed by atoms with Crippen LogP contribution in [0.5, 0.6) is 5.75 Å². The van der Waals surface area contributed by atoms with Crippen molar-refractivity contribution in [2.75, 3.05) is 16.6 Å². The van der Waals surface area contributed by atoms with Gasteiger partial charge in [-0.15, -0.1) is 0 Å². The van der Waals surface area contributed by atoms with Crippen molar-refractivity contribution >= 4 is 27.3 Å². The first-order chi connectivity index (χ1) is 13.7. The summed E-state index contributed by atoms with van der Waals surface area (Å²) in [4.78, 5) is 11.0. The Labute approximate surface area is 165 Å². The molecule has 6 nitrogen and oxygen atoms in total. The molecule has 1 amide bonds. The van der Waals surface area contributed by atoms with Crippen LogP contribution in [0.2, 0.25) is 0 Å². The Morgan fingerprint density at radius 3 is 2.37 bits per heavy atom. The molecule has 0 radical (unpaired) electrons. The molecule has 13 heteroatoms. The van der Waals surface area contributed by atoms with Gasteiger partial charge in [-0.05, 0) is 42.0 Å². The van der Waals surface area contributed by atoms with Crippen LogP contribution >= 0.6 is 0 Å². The van der Waals surface area contributed by atoms with Gasteiger partial charge in [0.1, 0.15) is 5.75 Å². The van der Waals surface area contributed by atoms with Crippen molar-refractivity contribution in [1.82, 2.24) is 0 Å². The maximum atomic E-state index is 13.0. The smallest absolute Gasteiger partial charge is 0.422 e. The standard InChI is InChI=1S/C17H12F6N2O4S/c18-16(19,20)8-29-14-4-1-10(17(21,22)23)7-13(14)25-30(27,28)11-2-3-12-9(5-11)6-15(26)24-12/h1-5,7,25H,6,8H2,(H,24,26). The largest absolute Gasteiger partial charge is 0.482 e. The highest BCUT2D eigenvalue weighted by Gasteiger charge is 2.33. The van der Waals surface area contributed by atoms with Gasteiger partial charge < -0.3 is 10.1 Å². The van der Waals surface area contributed by atoms with Crippen LogP contribution in [-0.4, -0.2) is 27.1 Å². The average Bonchev–Trinajstić information content (AvgIpc) is 2.97. The number of anilines is 2. The van der Waals surface area contributed by atoms with E-state index in [0.29, 0.717) is 29.4 Å². The van der Waals surface area contributed by atoms with Crippen molar-refractivity contribution in [3.05, 3.63) is 47.5 Å². The number of carbonyl (C=O) groups excluding carboxylic acids is 1. The lowest BCUT2D eigenvalue weighted by atomic mass is 10.2. The molecule has 2 aromatic carbocycles. The van der Waals surface area contributed by atoms with Gasteiger partial charge in [0.2, 0.25) is 5.91 Å². The Morgan fingerprint density at radius 1 is 1.03 bits per heavy atom. The molecule has 2 aromatic rings. The Hall–Kier alpha value is -2.96. The van der Waals surface area contributed by atoms with Crippen molar-refractivity contribution in [3.8, 4) is 5.75 Å². The quantitative estimate of drug-likeness (QED) is 0.671. The third-order valence-corrected chi connectivity index (χ3v) is 5.32. The van der Waals surface area contributed by atoms with Crippen LogP contribution in [0, 0.1) is 0 Å². The second-order valence-electron chi connectivity index (χ2n) is 6.26. The third kappa shape index (κ3) is 4.96. The zero-order chi connectivity index (χ0) is 22.3. The summed E-state index contributed by atoms with van der Waals surface area (Å²) in [6, 6.07) is 4.92. The van der Waals surface area contributed by atoms with E-state index in [1.165, 1.54) is 6.07 Å². The van der Waals surface area contributed by atoms with Gasteiger partial charge in [0.15, 0.2) is 6.61 Å². The van der Waals surface area contributed by atoms with Crippen molar-refractivity contribution in [3.63, 3.8) is 0 Å². The fraction of sp³-hybridized carbons (Fsp3) is 0.235. The molecule has 1 aliphatic rings. The van der Waals surface area contributed by atoms with E-state index in [1.54, 1.807) is 0 Å². The number of sulfonamides is 1. The Balaban J connectivity index is 1.96. The minimum atomic E-state index is -4.87. The van der Waals surface area contributed by atoms with Crippen molar-refractivity contribution in [2.24, 2.45) is 0 Å². The van der Waals surface area contributed by atoms with Crippen LogP contribution in [0.25, 0.3) is 0 Å². The maximum absolute atomic E-state index is 13.0. The van der Waals surface area contributed by atoms with E-state index in [9.17, 15) is 39.6 Å². The lowest BCUT2D eigenvalue weighted by molar-refractivity contribution is -0.153. The predicted molar refractivity (Wildman–Crippen MR) is 92.6 cm³/mol. The van der Waals surface area contributed by atoms with Crippen LogP contribution in [-0.2, 0) is 27.4 Å². The molecule has 162 valence electrons. The number of amides is 1. The Kier molecular flexibility index (Phi) is 5.35. The van der Waals surface area contributed by atoms with E-state index in [0.717, 1.165) is 12.1 Å². The molecule has 1 aliphatic heterocycles. The molecule has 0 fully saturated rings. The molecule has 0 unspecified atom stereocenters. The van der Waals surface area contributed by atoms with Gasteiger partial charge in [-0.2, -0.15) is 26.3 Å². The molecule has 3 rings (SSSR count). The number of hydrogen-bond donors (Lipinski definition) is 2. The molecule has 30 heavy (non-hydrogen) atoms. The van der Waals surface area contributed by atoms with Gasteiger partial charge in [-0.1, -0.05) is 0 Å². The number of nitrogens with one attached hydrogen (secondary N) is 2. The van der Waals surface area contributed by atoms with E-state index in [2.05, 4.69) is 10.1 Å². The number of hydrogen-bond acceptors (Lipinski definition) is 4. The molecular weight excluding hydrogens is 442 g/mol. The minimum Gasteiger partial charge on any atom is -0.482 e. The van der Waals surface area contributed by atoms with E-state index in [-0.39, 0.29) is 12.3 Å². The highest BCUT2D eigenvalue weighted by atomic mass is 32.2. The molecule has 0 atom stereocenters. The summed E-state index contributed by atoms with van der Waals surface area (Å²) < 4.78 is 108. The van der Waals surface area contributed by atoms with Gasteiger partial charge in [0.25, 0.3) is 10.0 Å². The van der Waals surface area contributed by atoms with E-state index in [1.807, 2.05) is 4.72 Å². The minimum absolute atomic E-state index is 0.0950. The van der Waals surface area contributed by atoms with Crippen LogP contribution in [0.4, 0.5) is 37.7 Å². The zero-order valence-corrected chi connectivity index (χ0v) is 15.5. The summed E-state index contributed by atoms with van der Waals surface area (Å²) in [5.74, 6) is -1.10. The fourth-order valence-electron chi connectivity index (χ4n) is 2.65. The first-order valence-corrected chi connectivity index (χ1v) is 9.59. The fourth-order valence-corrected chi connectivity index (χ4v) is 3.76. The number of carbonyl (C=O) groups is 1. The van der Waals surface area contributed by atoms with Crippen LogP contribution in [0.15, 0.2) is 41.3 Å². The first-order valence-electron chi connectivity index (χ1n) is 8.11. The molecule has 0 spiro atoms. The van der Waals surface area contributed by atoms with Gasteiger partial charge in [0, 0.05) is 5.69 Å². The molecule has 0 aromatic heterocycles. The van der Waals surface area contributed by atoms with E-state index >= 15 is 0 Å². The number of ether oxygens (including phenoxy) is 1. The second-order valence-corrected chi connectivity index (χ2v) is 7.94. The van der Waals surface area contributed by atoms with Gasteiger partial charge in [0.05, 0.1) is 22.6 Å². The molecule has 0 saturated heterocycles. The summed E-state index contributed by atoms with van der Waals surface area (Å²) in [5.41, 5.74) is -1.38. The van der Waals surface area contributed by atoms with Crippen LogP contribution in [0.3, 0.4) is 0 Å². The SMILES string of the molecule is O=C1Cc2cc(S(=O)(=O)Nc3cc(C(F)(F)F)ccc3OCC(F)(F)F)ccc2N1. The molecule has 1 heterocycles. The normalized spacial score (nSPS) is 14.3. The van der Waals surface area contributed by atoms with Crippen molar-refractivity contribution in [1.29, 1.82) is 0 Å². The van der Waals surface area contributed by atoms with E-state index in [4.69, 9.17) is 0 Å². The summed E-state index contributed by atoms with van der Waals surface area (Å²) in [7, 11) is -4.51. The Bertz CT molecular complexity index is 1100. The molecule has 2 N–H and O–H groups in total. The summed E-state index contributed by atoms with van der Waals surface area (Å²) >= 11 is 0. The zero-order valence-electron chi connectivity index (χ0n) is 14.7. The highest BCUT2D eigenvalue weighted by Crippen LogP contribution is 2.37. The monoisotopic (exact) mass is 454 g/mol. The Morgan fingerprint density at radius 2 is 1.73 bits per heavy atom. The highest BCUT2D eigenvalue weighted by molar-refractivity contribution is 7.92. The van der Waals surface area contributed by atoms with Crippen molar-refractivity contribution in [2.45, 2.75) is 23.7 Å². The molecule has 0 saturated carbocycles. The maximum Gasteiger partial charge on any atom is 0.422 e. The van der Waals surface area contributed by atoms with Crippen LogP contribution in [0.1, 0.15) is 11.1 Å². The summed E-state index contributed by atoms with van der Waals surface area (Å²) in [6.45, 7) is -1.83. The number of rotatable bonds is 5. The van der Waals surface area contributed by atoms with Crippen LogP contribution < -0.4 is 14.8 Å². The molecule has 0 aliphatic carbocycles. The summed E-state index contributed by atoms with van der Waals surface area (Å²) in [5, 5.41) is 2.48. The summed E-state index contributed by atoms with van der Waals surface area (Å²) in [6.07, 6.45) is -9.76. The number of benzene rings is 2. The second kappa shape index (κ2) is 7.38. The number of fused-ring (bicyclic) bond motifs is 1. The number of alkyl halides is 6. The number of halogens is 6. The molecular formula is C17H12F6N2O4S. The predicted octanol–water partition coefficient (Wildman–Crippen LogP) is 3.94. The van der Waals surface area contributed by atoms with Gasteiger partial charge >= 0.3 is 12.4 Å². The third-order valence-electron chi connectivity index (χ3n) is 3.95. The lowest BCUT2D eigenvalue weighted by Crippen LogP contribution is -2.21. The van der Waals surface area contributed by atoms with E-state index < -0.39 is 50.9 Å². The van der Waals surface area contributed by atoms with Gasteiger partial charge in [-0.25, -0.2) is 8.42 Å². The van der Waals surface area contributed by atoms with Gasteiger partial charge in [-0.3, -0.25) is 9.52 Å². The molecule has 0 bridgehead atoms. The van der Waals surface area contributed by atoms with Crippen molar-refractivity contribution < 1.29 is 44.3 Å². The first kappa shape index (κ1) is 21.7. The average molecular weight is 454 g/mol. The topological polar surface area (TPSA) is 84.5 Å².